The fourth-order valence-electron chi connectivity index (χ4n) is 1.04. The summed E-state index contributed by atoms with van der Waals surface area (Å²) in [5.41, 5.74) is 0. The Kier molecular flexibility index (Phi) is 2.90. The van der Waals surface area contributed by atoms with E-state index < -0.39 is 21.7 Å². The molecule has 0 aromatic rings. The van der Waals surface area contributed by atoms with Crippen LogP contribution in [0.1, 0.15) is 0 Å². The van der Waals surface area contributed by atoms with Crippen LogP contribution < -0.4 is 5.32 Å². The Bertz CT molecular complexity index is 371. The first-order valence-electron chi connectivity index (χ1n) is 3.81. The number of carbonyl (C=O) groups excluding carboxylic acids is 1. The van der Waals surface area contributed by atoms with Crippen molar-refractivity contribution >= 4 is 21.7 Å². The Labute approximate surface area is 80.5 Å². The second kappa shape index (κ2) is 3.79. The van der Waals surface area contributed by atoms with Gasteiger partial charge in [0.2, 0.25) is 5.91 Å². The average molecular weight is 219 g/mol. The summed E-state index contributed by atoms with van der Waals surface area (Å²) < 4.78 is 21.4. The lowest BCUT2D eigenvalue weighted by atomic mass is 10.3. The molecule has 14 heavy (non-hydrogen) atoms. The first kappa shape index (κ1) is 10.7. The summed E-state index contributed by atoms with van der Waals surface area (Å²) in [5.74, 6) is -1.95. The molecule has 0 aliphatic carbocycles. The zero-order valence-electron chi connectivity index (χ0n) is 7.13. The molecular weight excluding hydrogens is 210 g/mol. The van der Waals surface area contributed by atoms with Crippen LogP contribution in [0.2, 0.25) is 0 Å². The second-order valence-corrected chi connectivity index (χ2v) is 5.11. The third-order valence-electron chi connectivity index (χ3n) is 1.63. The highest BCUT2D eigenvalue weighted by Crippen LogP contribution is 2.09. The Morgan fingerprint density at radius 2 is 1.86 bits per heavy atom. The van der Waals surface area contributed by atoms with Gasteiger partial charge < -0.3 is 10.4 Å². The van der Waals surface area contributed by atoms with Gasteiger partial charge in [-0.05, 0) is 0 Å². The minimum atomic E-state index is -2.96. The third kappa shape index (κ3) is 3.17. The van der Waals surface area contributed by atoms with Crippen molar-refractivity contribution in [1.29, 1.82) is 0 Å². The minimum absolute atomic E-state index is 0.0698. The standard InChI is InChI=1S/C7H9NO5S/c9-6(1-2-7(10)11)8-5-3-14(12,13)4-5/h1-2,5H,3-4H2,(H,8,9)(H,10,11)/b2-1-. The molecule has 0 aromatic heterocycles. The van der Waals surface area contributed by atoms with Gasteiger partial charge in [0, 0.05) is 12.2 Å². The molecule has 1 rings (SSSR count). The number of amides is 1. The summed E-state index contributed by atoms with van der Waals surface area (Å²) in [6.45, 7) is 0. The first-order valence-corrected chi connectivity index (χ1v) is 5.63. The molecule has 6 nitrogen and oxygen atoms in total. The zero-order chi connectivity index (χ0) is 10.8. The van der Waals surface area contributed by atoms with E-state index in [1.165, 1.54) is 0 Å². The number of aliphatic carboxylic acids is 1. The SMILES string of the molecule is O=C(O)/C=C\C(=O)NC1CS(=O)(=O)C1. The van der Waals surface area contributed by atoms with Gasteiger partial charge in [-0.15, -0.1) is 0 Å². The van der Waals surface area contributed by atoms with Crippen LogP contribution in [-0.2, 0) is 19.4 Å². The summed E-state index contributed by atoms with van der Waals surface area (Å²) in [6, 6.07) is -0.383. The molecule has 0 atom stereocenters. The lowest BCUT2D eigenvalue weighted by Crippen LogP contribution is -2.52. The molecule has 0 unspecified atom stereocenters. The van der Waals surface area contributed by atoms with E-state index in [1.807, 2.05) is 0 Å². The van der Waals surface area contributed by atoms with E-state index in [-0.39, 0.29) is 17.5 Å². The molecule has 0 spiro atoms. The van der Waals surface area contributed by atoms with Crippen LogP contribution in [0.15, 0.2) is 12.2 Å². The van der Waals surface area contributed by atoms with Crippen molar-refractivity contribution in [2.75, 3.05) is 11.5 Å². The predicted octanol–water partition coefficient (Wildman–Crippen LogP) is -1.46. The molecule has 2 N–H and O–H groups in total. The molecule has 1 aliphatic rings. The van der Waals surface area contributed by atoms with Crippen molar-refractivity contribution in [2.24, 2.45) is 0 Å². The Morgan fingerprint density at radius 1 is 1.29 bits per heavy atom. The van der Waals surface area contributed by atoms with Crippen LogP contribution in [0.4, 0.5) is 0 Å². The van der Waals surface area contributed by atoms with Crippen molar-refractivity contribution < 1.29 is 23.1 Å². The Hall–Kier alpha value is -1.37. The molecule has 1 fully saturated rings. The molecule has 0 bridgehead atoms. The van der Waals surface area contributed by atoms with Gasteiger partial charge in [0.1, 0.15) is 0 Å². The average Bonchev–Trinajstić information content (AvgIpc) is 1.97. The van der Waals surface area contributed by atoms with Crippen molar-refractivity contribution in [2.45, 2.75) is 6.04 Å². The van der Waals surface area contributed by atoms with Gasteiger partial charge in [-0.3, -0.25) is 4.79 Å². The van der Waals surface area contributed by atoms with E-state index >= 15 is 0 Å². The number of carboxylic acids is 1. The maximum absolute atomic E-state index is 10.9. The topological polar surface area (TPSA) is 101 Å². The van der Waals surface area contributed by atoms with E-state index in [9.17, 15) is 18.0 Å². The molecule has 1 saturated heterocycles. The van der Waals surface area contributed by atoms with Crippen molar-refractivity contribution in [3.63, 3.8) is 0 Å². The largest absolute Gasteiger partial charge is 0.478 e. The van der Waals surface area contributed by atoms with Gasteiger partial charge in [0.25, 0.3) is 0 Å². The normalized spacial score (nSPS) is 20.3. The number of hydrogen-bond acceptors (Lipinski definition) is 4. The number of hydrogen-bond donors (Lipinski definition) is 2. The van der Waals surface area contributed by atoms with Crippen molar-refractivity contribution in [3.05, 3.63) is 12.2 Å². The summed E-state index contributed by atoms with van der Waals surface area (Å²) in [6.07, 6.45) is 1.55. The molecule has 1 aliphatic heterocycles. The zero-order valence-corrected chi connectivity index (χ0v) is 7.95. The van der Waals surface area contributed by atoms with Crippen molar-refractivity contribution in [1.82, 2.24) is 5.32 Å². The summed E-state index contributed by atoms with van der Waals surface area (Å²) in [5, 5.41) is 10.5. The van der Waals surface area contributed by atoms with Gasteiger partial charge in [-0.2, -0.15) is 0 Å². The number of carboxylic acid groups (broad SMARTS) is 1. The summed E-state index contributed by atoms with van der Waals surface area (Å²) >= 11 is 0. The van der Waals surface area contributed by atoms with E-state index in [2.05, 4.69) is 5.32 Å². The number of nitrogens with one attached hydrogen (secondary N) is 1. The highest BCUT2D eigenvalue weighted by atomic mass is 32.2. The highest BCUT2D eigenvalue weighted by Gasteiger charge is 2.33. The quantitative estimate of drug-likeness (QED) is 0.565. The molecule has 0 aromatic carbocycles. The molecule has 1 heterocycles. The number of carbonyl (C=O) groups is 2. The molecule has 1 amide bonds. The number of rotatable bonds is 3. The molecular formula is C7H9NO5S. The van der Waals surface area contributed by atoms with E-state index in [0.717, 1.165) is 6.08 Å². The number of sulfone groups is 1. The molecule has 0 radical (unpaired) electrons. The predicted molar refractivity (Wildman–Crippen MR) is 47.4 cm³/mol. The van der Waals surface area contributed by atoms with E-state index in [0.29, 0.717) is 6.08 Å². The van der Waals surface area contributed by atoms with Gasteiger partial charge in [0.15, 0.2) is 9.84 Å². The van der Waals surface area contributed by atoms with Crippen LogP contribution in [0.25, 0.3) is 0 Å². The van der Waals surface area contributed by atoms with Crippen molar-refractivity contribution in [3.8, 4) is 0 Å². The fraction of sp³-hybridized carbons (Fsp3) is 0.429. The van der Waals surface area contributed by atoms with Gasteiger partial charge in [-0.25, -0.2) is 13.2 Å². The summed E-state index contributed by atoms with van der Waals surface area (Å²) in [7, 11) is -2.96. The summed E-state index contributed by atoms with van der Waals surface area (Å²) in [4.78, 5) is 20.9. The Balaban J connectivity index is 2.33. The monoisotopic (exact) mass is 219 g/mol. The third-order valence-corrected chi connectivity index (χ3v) is 3.45. The van der Waals surface area contributed by atoms with Gasteiger partial charge in [-0.1, -0.05) is 0 Å². The smallest absolute Gasteiger partial charge is 0.328 e. The maximum Gasteiger partial charge on any atom is 0.328 e. The Morgan fingerprint density at radius 3 is 2.29 bits per heavy atom. The lowest BCUT2D eigenvalue weighted by Gasteiger charge is -2.25. The lowest BCUT2D eigenvalue weighted by molar-refractivity contribution is -0.131. The van der Waals surface area contributed by atoms with Crippen LogP contribution in [0.5, 0.6) is 0 Å². The highest BCUT2D eigenvalue weighted by molar-refractivity contribution is 7.92. The van der Waals surface area contributed by atoms with Crippen LogP contribution in [0, 0.1) is 0 Å². The van der Waals surface area contributed by atoms with Gasteiger partial charge >= 0.3 is 5.97 Å². The molecule has 78 valence electrons. The van der Waals surface area contributed by atoms with Crippen LogP contribution in [-0.4, -0.2) is 42.9 Å². The van der Waals surface area contributed by atoms with E-state index in [4.69, 9.17) is 5.11 Å². The first-order chi connectivity index (χ1) is 6.39. The van der Waals surface area contributed by atoms with Gasteiger partial charge in [0.05, 0.1) is 17.5 Å². The maximum atomic E-state index is 10.9. The van der Waals surface area contributed by atoms with Crippen LogP contribution >= 0.6 is 0 Å². The van der Waals surface area contributed by atoms with Crippen LogP contribution in [0.3, 0.4) is 0 Å². The second-order valence-electron chi connectivity index (χ2n) is 2.95. The fourth-order valence-corrected chi connectivity index (χ4v) is 2.34. The van der Waals surface area contributed by atoms with E-state index in [1.54, 1.807) is 0 Å². The molecule has 0 saturated carbocycles. The molecule has 7 heteroatoms. The minimum Gasteiger partial charge on any atom is -0.478 e.